The van der Waals surface area contributed by atoms with Gasteiger partial charge in [0, 0.05) is 57.7 Å². The summed E-state index contributed by atoms with van der Waals surface area (Å²) in [6.07, 6.45) is 6.53. The predicted molar refractivity (Wildman–Crippen MR) is 173 cm³/mol. The van der Waals surface area contributed by atoms with Gasteiger partial charge in [-0.3, -0.25) is 0 Å². The third-order valence-corrected chi connectivity index (χ3v) is 7.45. The van der Waals surface area contributed by atoms with Crippen LogP contribution < -0.4 is 20.9 Å². The maximum atomic E-state index is 12.4. The van der Waals surface area contributed by atoms with Crippen molar-refractivity contribution >= 4 is 23.6 Å². The average molecular weight is 603 g/mol. The number of nitrogens with zero attached hydrogens (tertiary/aromatic N) is 4. The molecule has 2 aromatic heterocycles. The van der Waals surface area contributed by atoms with E-state index in [1.165, 1.54) is 5.56 Å². The number of nitrogens with two attached hydrogens (primary N) is 1. The smallest absolute Gasteiger partial charge is 0.342 e. The molecule has 0 spiro atoms. The van der Waals surface area contributed by atoms with Crippen LogP contribution >= 0.6 is 0 Å². The number of esters is 2. The Morgan fingerprint density at radius 3 is 1.86 bits per heavy atom. The second kappa shape index (κ2) is 16.2. The van der Waals surface area contributed by atoms with Crippen molar-refractivity contribution in [3.63, 3.8) is 0 Å². The van der Waals surface area contributed by atoms with Crippen LogP contribution in [0.15, 0.2) is 60.9 Å². The molecule has 1 unspecified atom stereocenters. The van der Waals surface area contributed by atoms with Gasteiger partial charge in [-0.2, -0.15) is 0 Å². The molecule has 3 N–H and O–H groups in total. The Hall–Kier alpha value is -4.02. The van der Waals surface area contributed by atoms with Crippen LogP contribution in [0.25, 0.3) is 0 Å². The lowest BCUT2D eigenvalue weighted by atomic mass is 10.1. The Bertz CT molecular complexity index is 1360. The fourth-order valence-electron chi connectivity index (χ4n) is 5.28. The van der Waals surface area contributed by atoms with Gasteiger partial charge < -0.3 is 30.3 Å². The van der Waals surface area contributed by atoms with Gasteiger partial charge in [-0.25, -0.2) is 19.6 Å². The number of rotatable bonds is 10. The molecule has 2 saturated heterocycles. The molecule has 5 rings (SSSR count). The van der Waals surface area contributed by atoms with E-state index in [-0.39, 0.29) is 24.1 Å². The zero-order chi connectivity index (χ0) is 31.5. The number of benzene rings is 1. The van der Waals surface area contributed by atoms with Crippen molar-refractivity contribution in [2.24, 2.45) is 5.73 Å². The molecule has 0 radical (unpaired) electrons. The van der Waals surface area contributed by atoms with Gasteiger partial charge in [0.15, 0.2) is 0 Å². The van der Waals surface area contributed by atoms with Crippen molar-refractivity contribution < 1.29 is 19.1 Å². The van der Waals surface area contributed by atoms with E-state index < -0.39 is 0 Å². The number of ether oxygens (including phenoxy) is 2. The van der Waals surface area contributed by atoms with Gasteiger partial charge in [0.05, 0.1) is 12.2 Å². The van der Waals surface area contributed by atoms with E-state index >= 15 is 0 Å². The first-order valence-electron chi connectivity index (χ1n) is 15.6. The van der Waals surface area contributed by atoms with Crippen LogP contribution in [0.5, 0.6) is 0 Å². The van der Waals surface area contributed by atoms with E-state index in [4.69, 9.17) is 15.2 Å². The first-order valence-corrected chi connectivity index (χ1v) is 15.6. The standard InChI is InChI=1S/C21H28N4O2.C13H18N2O2/c1-15(2)27-21(26)19-4-3-10-23-20(19)25-11-9-18(14-25)24-13-17-7-5-16(12-22)6-8-17;1-10(2)17-13(16)11-6-5-7-14-12(11)15-8-3-4-9-15/h3-8,10,15,18,24H,9,11-14,22H2,1-2H3;5-7,10H,3-4,8-9H2,1-2H3. The number of hydrogen-bond acceptors (Lipinski definition) is 10. The number of carbonyl (C=O) groups excluding carboxylic acids is 2. The quantitative estimate of drug-likeness (QED) is 0.315. The van der Waals surface area contributed by atoms with Gasteiger partial charge in [-0.05, 0) is 82.3 Å². The van der Waals surface area contributed by atoms with Gasteiger partial charge in [0.2, 0.25) is 0 Å². The molecule has 0 bridgehead atoms. The monoisotopic (exact) mass is 602 g/mol. The highest BCUT2D eigenvalue weighted by molar-refractivity contribution is 5.95. The first kappa shape index (κ1) is 32.9. The fraction of sp³-hybridized carbons (Fsp3) is 0.471. The van der Waals surface area contributed by atoms with Crippen molar-refractivity contribution in [3.05, 3.63) is 83.2 Å². The summed E-state index contributed by atoms with van der Waals surface area (Å²) in [5, 5.41) is 3.60. The molecular formula is C34H46N6O4. The van der Waals surface area contributed by atoms with Crippen molar-refractivity contribution in [2.45, 2.75) is 78.3 Å². The third-order valence-electron chi connectivity index (χ3n) is 7.45. The minimum absolute atomic E-state index is 0.103. The molecule has 10 heteroatoms. The Balaban J connectivity index is 0.000000223. The van der Waals surface area contributed by atoms with Crippen molar-refractivity contribution in [1.82, 2.24) is 15.3 Å². The van der Waals surface area contributed by atoms with Crippen LogP contribution in [0.2, 0.25) is 0 Å². The second-order valence-electron chi connectivity index (χ2n) is 11.7. The van der Waals surface area contributed by atoms with E-state index in [1.807, 2.05) is 27.7 Å². The molecule has 2 fully saturated rings. The predicted octanol–water partition coefficient (Wildman–Crippen LogP) is 4.72. The Morgan fingerprint density at radius 1 is 0.818 bits per heavy atom. The maximum Gasteiger partial charge on any atom is 0.342 e. The zero-order valence-corrected chi connectivity index (χ0v) is 26.4. The van der Waals surface area contributed by atoms with Gasteiger partial charge in [0.25, 0.3) is 0 Å². The molecule has 10 nitrogen and oxygen atoms in total. The van der Waals surface area contributed by atoms with Crippen molar-refractivity contribution in [2.75, 3.05) is 36.0 Å². The van der Waals surface area contributed by atoms with E-state index in [0.29, 0.717) is 29.5 Å². The third kappa shape index (κ3) is 9.24. The zero-order valence-electron chi connectivity index (χ0n) is 26.4. The molecule has 3 aromatic rings. The molecule has 1 atom stereocenters. The highest BCUT2D eigenvalue weighted by Crippen LogP contribution is 2.24. The van der Waals surface area contributed by atoms with Crippen LogP contribution in [0.1, 0.15) is 78.8 Å². The van der Waals surface area contributed by atoms with E-state index in [0.717, 1.165) is 63.4 Å². The summed E-state index contributed by atoms with van der Waals surface area (Å²) in [6, 6.07) is 15.8. The molecule has 2 aliphatic heterocycles. The van der Waals surface area contributed by atoms with Gasteiger partial charge in [-0.1, -0.05) is 24.3 Å². The number of carbonyl (C=O) groups is 2. The summed E-state index contributed by atoms with van der Waals surface area (Å²) in [6.45, 7) is 12.4. The molecule has 44 heavy (non-hydrogen) atoms. The normalized spacial score (nSPS) is 16.2. The SMILES string of the molecule is CC(C)OC(=O)c1cccnc1N1CCC(NCc2ccc(CN)cc2)C1.CC(C)OC(=O)c1cccnc1N1CCCC1. The van der Waals surface area contributed by atoms with Crippen LogP contribution in [0.3, 0.4) is 0 Å². The van der Waals surface area contributed by atoms with Crippen LogP contribution in [-0.4, -0.2) is 66.3 Å². The average Bonchev–Trinajstić information content (AvgIpc) is 3.73. The van der Waals surface area contributed by atoms with Gasteiger partial charge in [-0.15, -0.1) is 0 Å². The topological polar surface area (TPSA) is 123 Å². The van der Waals surface area contributed by atoms with Crippen molar-refractivity contribution in [3.8, 4) is 0 Å². The molecular weight excluding hydrogens is 556 g/mol. The molecule has 2 aliphatic rings. The second-order valence-corrected chi connectivity index (χ2v) is 11.7. The number of nitrogens with one attached hydrogen (secondary N) is 1. The molecule has 0 amide bonds. The molecule has 1 aromatic carbocycles. The van der Waals surface area contributed by atoms with Crippen molar-refractivity contribution in [1.29, 1.82) is 0 Å². The number of aromatic nitrogens is 2. The van der Waals surface area contributed by atoms with Crippen LogP contribution in [0.4, 0.5) is 11.6 Å². The Labute approximate surface area is 261 Å². The Kier molecular flexibility index (Phi) is 12.1. The lowest BCUT2D eigenvalue weighted by Crippen LogP contribution is -2.33. The minimum atomic E-state index is -0.315. The summed E-state index contributed by atoms with van der Waals surface area (Å²) in [7, 11) is 0. The summed E-state index contributed by atoms with van der Waals surface area (Å²) in [5.74, 6) is 0.870. The Morgan fingerprint density at radius 2 is 1.34 bits per heavy atom. The number of anilines is 2. The molecule has 236 valence electrons. The maximum absolute atomic E-state index is 12.4. The molecule has 0 aliphatic carbocycles. The lowest BCUT2D eigenvalue weighted by molar-refractivity contribution is 0.0367. The van der Waals surface area contributed by atoms with Gasteiger partial charge >= 0.3 is 11.9 Å². The van der Waals surface area contributed by atoms with Crippen LogP contribution in [-0.2, 0) is 22.6 Å². The van der Waals surface area contributed by atoms with Gasteiger partial charge in [0.1, 0.15) is 22.8 Å². The molecule has 4 heterocycles. The van der Waals surface area contributed by atoms with Crippen LogP contribution in [0, 0.1) is 0 Å². The lowest BCUT2D eigenvalue weighted by Gasteiger charge is -2.21. The summed E-state index contributed by atoms with van der Waals surface area (Å²) < 4.78 is 10.6. The van der Waals surface area contributed by atoms with E-state index in [9.17, 15) is 9.59 Å². The summed E-state index contributed by atoms with van der Waals surface area (Å²) >= 11 is 0. The molecule has 0 saturated carbocycles. The first-order chi connectivity index (χ1) is 21.2. The largest absolute Gasteiger partial charge is 0.459 e. The highest BCUT2D eigenvalue weighted by atomic mass is 16.5. The summed E-state index contributed by atoms with van der Waals surface area (Å²) in [4.78, 5) is 37.4. The number of hydrogen-bond donors (Lipinski definition) is 2. The fourth-order valence-corrected chi connectivity index (χ4v) is 5.28. The summed E-state index contributed by atoms with van der Waals surface area (Å²) in [5.41, 5.74) is 9.13. The van der Waals surface area contributed by atoms with E-state index in [2.05, 4.69) is 49.4 Å². The minimum Gasteiger partial charge on any atom is -0.459 e. The number of pyridine rings is 2. The highest BCUT2D eigenvalue weighted by Gasteiger charge is 2.27. The van der Waals surface area contributed by atoms with E-state index in [1.54, 1.807) is 36.7 Å².